The van der Waals surface area contributed by atoms with E-state index in [1.54, 1.807) is 24.3 Å². The van der Waals surface area contributed by atoms with Crippen LogP contribution in [-0.4, -0.2) is 5.91 Å². The van der Waals surface area contributed by atoms with E-state index >= 15 is 0 Å². The summed E-state index contributed by atoms with van der Waals surface area (Å²) in [6.07, 6.45) is 0. The Morgan fingerprint density at radius 3 is 2.67 bits per heavy atom. The van der Waals surface area contributed by atoms with Crippen molar-refractivity contribution in [3.63, 3.8) is 0 Å². The van der Waals surface area contributed by atoms with Gasteiger partial charge in [-0.1, -0.05) is 18.2 Å². The molecular weight excluding hydrogens is 231 g/mol. The lowest BCUT2D eigenvalue weighted by Gasteiger charge is -2.06. The van der Waals surface area contributed by atoms with E-state index < -0.39 is 11.7 Å². The van der Waals surface area contributed by atoms with Gasteiger partial charge in [0, 0.05) is 5.69 Å². The summed E-state index contributed by atoms with van der Waals surface area (Å²) >= 11 is 0. The highest BCUT2D eigenvalue weighted by molar-refractivity contribution is 6.04. The minimum Gasteiger partial charge on any atom is -0.322 e. The third kappa shape index (κ3) is 2.53. The maximum Gasteiger partial charge on any atom is 0.258 e. The number of amides is 1. The van der Waals surface area contributed by atoms with E-state index in [0.29, 0.717) is 11.3 Å². The van der Waals surface area contributed by atoms with Crippen molar-refractivity contribution in [2.75, 3.05) is 5.32 Å². The highest BCUT2D eigenvalue weighted by atomic mass is 19.1. The van der Waals surface area contributed by atoms with Gasteiger partial charge in [-0.25, -0.2) is 4.39 Å². The van der Waals surface area contributed by atoms with Gasteiger partial charge in [-0.3, -0.25) is 4.79 Å². The zero-order valence-corrected chi connectivity index (χ0v) is 9.35. The predicted molar refractivity (Wildman–Crippen MR) is 65.5 cm³/mol. The minimum atomic E-state index is -0.577. The number of nitrogens with zero attached hydrogens (tertiary/aromatic N) is 1. The third-order valence-corrected chi connectivity index (χ3v) is 2.37. The predicted octanol–water partition coefficient (Wildman–Crippen LogP) is 2.95. The summed E-state index contributed by atoms with van der Waals surface area (Å²) in [7, 11) is 0. The van der Waals surface area contributed by atoms with Gasteiger partial charge in [-0.15, -0.1) is 0 Å². The van der Waals surface area contributed by atoms with Crippen molar-refractivity contribution in [2.24, 2.45) is 0 Å². The molecule has 0 atom stereocenters. The summed E-state index contributed by atoms with van der Waals surface area (Å²) in [6.45, 7) is 0. The number of carbonyl (C=O) groups is 1. The van der Waals surface area contributed by atoms with Crippen LogP contribution in [-0.2, 0) is 0 Å². The number of anilines is 1. The van der Waals surface area contributed by atoms with E-state index in [1.165, 1.54) is 24.3 Å². The summed E-state index contributed by atoms with van der Waals surface area (Å²) in [5.74, 6) is -1.12. The maximum atomic E-state index is 13.4. The van der Waals surface area contributed by atoms with Gasteiger partial charge < -0.3 is 5.32 Å². The first kappa shape index (κ1) is 11.8. The summed E-state index contributed by atoms with van der Waals surface area (Å²) in [5.41, 5.74) is 0.864. The molecule has 4 heteroatoms. The summed E-state index contributed by atoms with van der Waals surface area (Å²) in [6, 6.07) is 14.1. The van der Waals surface area contributed by atoms with Crippen molar-refractivity contribution in [2.45, 2.75) is 0 Å². The molecule has 3 nitrogen and oxygen atoms in total. The summed E-state index contributed by atoms with van der Waals surface area (Å²) in [5, 5.41) is 11.3. The fraction of sp³-hybridized carbons (Fsp3) is 0. The zero-order valence-electron chi connectivity index (χ0n) is 9.35. The number of carbonyl (C=O) groups excluding carboxylic acids is 1. The van der Waals surface area contributed by atoms with Gasteiger partial charge in [0.2, 0.25) is 0 Å². The van der Waals surface area contributed by atoms with Gasteiger partial charge in [-0.2, -0.15) is 5.26 Å². The highest BCUT2D eigenvalue weighted by Gasteiger charge is 2.10. The maximum absolute atomic E-state index is 13.4. The van der Waals surface area contributed by atoms with E-state index in [1.807, 2.05) is 6.07 Å². The molecule has 2 rings (SSSR count). The van der Waals surface area contributed by atoms with E-state index in [-0.39, 0.29) is 5.56 Å². The molecular formula is C14H9FN2O. The lowest BCUT2D eigenvalue weighted by molar-refractivity contribution is 0.102. The van der Waals surface area contributed by atoms with Crippen molar-refractivity contribution in [1.29, 1.82) is 5.26 Å². The second-order valence-electron chi connectivity index (χ2n) is 3.63. The van der Waals surface area contributed by atoms with Crippen molar-refractivity contribution in [1.82, 2.24) is 0 Å². The van der Waals surface area contributed by atoms with Gasteiger partial charge >= 0.3 is 0 Å². The first-order valence-corrected chi connectivity index (χ1v) is 5.27. The Bertz CT molecular complexity index is 632. The number of hydrogen-bond acceptors (Lipinski definition) is 2. The van der Waals surface area contributed by atoms with Crippen LogP contribution in [0.15, 0.2) is 48.5 Å². The lowest BCUT2D eigenvalue weighted by atomic mass is 10.2. The molecule has 0 bridgehead atoms. The van der Waals surface area contributed by atoms with Crippen molar-refractivity contribution in [3.8, 4) is 6.07 Å². The Morgan fingerprint density at radius 2 is 1.94 bits per heavy atom. The molecule has 2 aromatic carbocycles. The average molecular weight is 240 g/mol. The molecule has 0 aromatic heterocycles. The molecule has 0 aliphatic carbocycles. The molecule has 0 aliphatic heterocycles. The molecule has 0 radical (unpaired) electrons. The second kappa shape index (κ2) is 5.11. The monoisotopic (exact) mass is 240 g/mol. The van der Waals surface area contributed by atoms with Crippen molar-refractivity contribution >= 4 is 11.6 Å². The Kier molecular flexibility index (Phi) is 3.35. The molecule has 2 aromatic rings. The van der Waals surface area contributed by atoms with E-state index in [4.69, 9.17) is 5.26 Å². The van der Waals surface area contributed by atoms with Crippen LogP contribution < -0.4 is 5.32 Å². The molecule has 88 valence electrons. The topological polar surface area (TPSA) is 52.9 Å². The average Bonchev–Trinajstić information content (AvgIpc) is 2.39. The smallest absolute Gasteiger partial charge is 0.258 e. The first-order valence-electron chi connectivity index (χ1n) is 5.27. The number of hydrogen-bond donors (Lipinski definition) is 1. The molecule has 0 heterocycles. The van der Waals surface area contributed by atoms with Crippen molar-refractivity contribution in [3.05, 3.63) is 65.5 Å². The van der Waals surface area contributed by atoms with Gasteiger partial charge in [0.15, 0.2) is 0 Å². The molecule has 1 N–H and O–H groups in total. The summed E-state index contributed by atoms with van der Waals surface area (Å²) in [4.78, 5) is 11.8. The lowest BCUT2D eigenvalue weighted by Crippen LogP contribution is -2.13. The number of benzene rings is 2. The van der Waals surface area contributed by atoms with E-state index in [2.05, 4.69) is 5.32 Å². The van der Waals surface area contributed by atoms with Crippen LogP contribution in [0.3, 0.4) is 0 Å². The summed E-state index contributed by atoms with van der Waals surface area (Å²) < 4.78 is 13.4. The van der Waals surface area contributed by atoms with Crippen LogP contribution in [0.25, 0.3) is 0 Å². The third-order valence-electron chi connectivity index (χ3n) is 2.37. The molecule has 0 fully saturated rings. The molecule has 1 amide bonds. The molecule has 0 aliphatic rings. The van der Waals surface area contributed by atoms with Crippen LogP contribution >= 0.6 is 0 Å². The fourth-order valence-electron chi connectivity index (χ4n) is 1.51. The molecule has 0 saturated carbocycles. The quantitative estimate of drug-likeness (QED) is 0.877. The van der Waals surface area contributed by atoms with Gasteiger partial charge in [0.05, 0.1) is 17.2 Å². The first-order chi connectivity index (χ1) is 8.70. The van der Waals surface area contributed by atoms with Crippen LogP contribution in [0.2, 0.25) is 0 Å². The molecule has 0 saturated heterocycles. The zero-order chi connectivity index (χ0) is 13.0. The largest absolute Gasteiger partial charge is 0.322 e. The Labute approximate surface area is 103 Å². The van der Waals surface area contributed by atoms with Crippen LogP contribution in [0.1, 0.15) is 15.9 Å². The fourth-order valence-corrected chi connectivity index (χ4v) is 1.51. The molecule has 0 spiro atoms. The van der Waals surface area contributed by atoms with Crippen LogP contribution in [0, 0.1) is 17.1 Å². The Balaban J connectivity index is 2.22. The van der Waals surface area contributed by atoms with Gasteiger partial charge in [0.1, 0.15) is 5.82 Å². The normalized spacial score (nSPS) is 9.56. The van der Waals surface area contributed by atoms with Crippen LogP contribution in [0.4, 0.5) is 10.1 Å². The number of nitriles is 1. The minimum absolute atomic E-state index is 0.0279. The second-order valence-corrected chi connectivity index (χ2v) is 3.63. The van der Waals surface area contributed by atoms with E-state index in [0.717, 1.165) is 0 Å². The standard InChI is InChI=1S/C14H9FN2O/c15-13-7-2-1-6-12(13)14(18)17-11-5-3-4-10(8-11)9-16/h1-8H,(H,17,18). The van der Waals surface area contributed by atoms with Crippen LogP contribution in [0.5, 0.6) is 0 Å². The molecule has 0 unspecified atom stereocenters. The number of halogens is 1. The van der Waals surface area contributed by atoms with Gasteiger partial charge in [-0.05, 0) is 30.3 Å². The molecule has 18 heavy (non-hydrogen) atoms. The number of rotatable bonds is 2. The number of nitrogens with one attached hydrogen (secondary N) is 1. The SMILES string of the molecule is N#Cc1cccc(NC(=O)c2ccccc2F)c1. The van der Waals surface area contributed by atoms with E-state index in [9.17, 15) is 9.18 Å². The Hall–Kier alpha value is -2.67. The van der Waals surface area contributed by atoms with Gasteiger partial charge in [0.25, 0.3) is 5.91 Å². The highest BCUT2D eigenvalue weighted by Crippen LogP contribution is 2.13. The van der Waals surface area contributed by atoms with Crippen molar-refractivity contribution < 1.29 is 9.18 Å². The Morgan fingerprint density at radius 1 is 1.17 bits per heavy atom.